The van der Waals surface area contributed by atoms with Gasteiger partial charge in [-0.2, -0.15) is 0 Å². The molecular weight excluding hydrogens is 761 g/mol. The lowest BCUT2D eigenvalue weighted by molar-refractivity contribution is 0.768. The van der Waals surface area contributed by atoms with Gasteiger partial charge in [0.05, 0.1) is 5.41 Å². The molecule has 0 radical (unpaired) electrons. The van der Waals surface area contributed by atoms with Crippen molar-refractivity contribution in [3.8, 4) is 11.1 Å². The van der Waals surface area contributed by atoms with Crippen molar-refractivity contribution >= 4 is 34.1 Å². The van der Waals surface area contributed by atoms with E-state index in [0.29, 0.717) is 23.7 Å². The standard InChI is InChI=1S/C61H60N2/c1-41(2)45-17-29-51(30-18-45)62(52-31-19-46(20-32-52)42(3)4)55-37-25-49(26-38-55)61(59-15-11-9-13-57(59)58-14-10-12-16-60(58)61)50-27-39-56(40-28-50)63(53-33-21-47(22-34-53)43(5)6)54-35-23-48(24-36-54)44(7)8/h9-44H,1-8H3. The van der Waals surface area contributed by atoms with Gasteiger partial charge in [-0.05, 0) is 152 Å². The van der Waals surface area contributed by atoms with Crippen LogP contribution in [0.25, 0.3) is 11.1 Å². The predicted octanol–water partition coefficient (Wildman–Crippen LogP) is 17.5. The van der Waals surface area contributed by atoms with Gasteiger partial charge in [-0.1, -0.05) is 177 Å². The molecule has 0 saturated heterocycles. The molecule has 1 aliphatic rings. The molecule has 314 valence electrons. The molecule has 8 aromatic rings. The summed E-state index contributed by atoms with van der Waals surface area (Å²) in [4.78, 5) is 4.79. The summed E-state index contributed by atoms with van der Waals surface area (Å²) in [5.41, 5.74) is 19.3. The number of rotatable bonds is 12. The third kappa shape index (κ3) is 7.67. The molecule has 0 bridgehead atoms. The van der Waals surface area contributed by atoms with Crippen molar-refractivity contribution in [2.75, 3.05) is 9.80 Å². The normalized spacial score (nSPS) is 12.8. The van der Waals surface area contributed by atoms with Crippen LogP contribution in [-0.4, -0.2) is 0 Å². The summed E-state index contributed by atoms with van der Waals surface area (Å²) in [6, 6.07) is 73.2. The summed E-state index contributed by atoms with van der Waals surface area (Å²) in [6.45, 7) is 18.0. The van der Waals surface area contributed by atoms with E-state index in [4.69, 9.17) is 0 Å². The molecule has 2 nitrogen and oxygen atoms in total. The van der Waals surface area contributed by atoms with Crippen LogP contribution < -0.4 is 9.80 Å². The van der Waals surface area contributed by atoms with Crippen LogP contribution in [0.15, 0.2) is 194 Å². The minimum absolute atomic E-state index is 0.468. The summed E-state index contributed by atoms with van der Waals surface area (Å²) in [7, 11) is 0. The molecule has 0 unspecified atom stereocenters. The van der Waals surface area contributed by atoms with E-state index >= 15 is 0 Å². The molecule has 0 saturated carbocycles. The van der Waals surface area contributed by atoms with Crippen molar-refractivity contribution in [2.24, 2.45) is 0 Å². The lowest BCUT2D eigenvalue weighted by Crippen LogP contribution is -2.28. The van der Waals surface area contributed by atoms with E-state index < -0.39 is 5.41 Å². The highest BCUT2D eigenvalue weighted by molar-refractivity contribution is 5.87. The van der Waals surface area contributed by atoms with Gasteiger partial charge in [0.25, 0.3) is 0 Å². The summed E-state index contributed by atoms with van der Waals surface area (Å²) < 4.78 is 0. The van der Waals surface area contributed by atoms with E-state index in [9.17, 15) is 0 Å². The van der Waals surface area contributed by atoms with E-state index in [2.05, 4.69) is 259 Å². The molecule has 0 amide bonds. The molecule has 0 heterocycles. The van der Waals surface area contributed by atoms with Crippen LogP contribution in [0.5, 0.6) is 0 Å². The fourth-order valence-electron chi connectivity index (χ4n) is 9.67. The zero-order valence-corrected chi connectivity index (χ0v) is 38.2. The Kier molecular flexibility index (Phi) is 11.4. The molecule has 0 fully saturated rings. The van der Waals surface area contributed by atoms with Gasteiger partial charge in [0, 0.05) is 34.1 Å². The van der Waals surface area contributed by atoms with Crippen molar-refractivity contribution in [1.29, 1.82) is 0 Å². The SMILES string of the molecule is CC(C)c1ccc(N(c2ccc(C(C)C)cc2)c2ccc(C3(c4ccc(N(c5ccc(C(C)C)cc5)c5ccc(C(C)C)cc5)cc4)c4ccccc4-c4ccccc43)cc2)cc1. The van der Waals surface area contributed by atoms with Gasteiger partial charge < -0.3 is 9.80 Å². The van der Waals surface area contributed by atoms with Crippen LogP contribution in [0.4, 0.5) is 34.1 Å². The van der Waals surface area contributed by atoms with Crippen molar-refractivity contribution < 1.29 is 0 Å². The Morgan fingerprint density at radius 1 is 0.270 bits per heavy atom. The van der Waals surface area contributed by atoms with E-state index in [1.54, 1.807) is 0 Å². The summed E-state index contributed by atoms with van der Waals surface area (Å²) in [5.74, 6) is 1.87. The highest BCUT2D eigenvalue weighted by Gasteiger charge is 2.46. The number of anilines is 6. The molecule has 0 spiro atoms. The monoisotopic (exact) mass is 820 g/mol. The average molecular weight is 821 g/mol. The van der Waals surface area contributed by atoms with Crippen LogP contribution in [0.2, 0.25) is 0 Å². The Bertz CT molecular complexity index is 2490. The molecule has 63 heavy (non-hydrogen) atoms. The second-order valence-corrected chi connectivity index (χ2v) is 18.6. The maximum atomic E-state index is 2.39. The number of hydrogen-bond acceptors (Lipinski definition) is 2. The highest BCUT2D eigenvalue weighted by atomic mass is 15.1. The summed E-state index contributed by atoms with van der Waals surface area (Å²) >= 11 is 0. The lowest BCUT2D eigenvalue weighted by Gasteiger charge is -2.35. The zero-order chi connectivity index (χ0) is 43.8. The molecule has 0 N–H and O–H groups in total. The van der Waals surface area contributed by atoms with Gasteiger partial charge in [0.15, 0.2) is 0 Å². The summed E-state index contributed by atoms with van der Waals surface area (Å²) in [6.07, 6.45) is 0. The van der Waals surface area contributed by atoms with Crippen molar-refractivity contribution in [1.82, 2.24) is 0 Å². The van der Waals surface area contributed by atoms with Gasteiger partial charge in [0.1, 0.15) is 0 Å². The molecular formula is C61H60N2. The predicted molar refractivity (Wildman–Crippen MR) is 269 cm³/mol. The fraction of sp³-hybridized carbons (Fsp3) is 0.213. The van der Waals surface area contributed by atoms with Gasteiger partial charge >= 0.3 is 0 Å². The maximum absolute atomic E-state index is 2.39. The van der Waals surface area contributed by atoms with Crippen LogP contribution in [0, 0.1) is 0 Å². The van der Waals surface area contributed by atoms with Crippen molar-refractivity contribution in [3.05, 3.63) is 239 Å². The number of benzene rings is 8. The Labute approximate surface area is 376 Å². The number of fused-ring (bicyclic) bond motifs is 3. The average Bonchev–Trinajstić information content (AvgIpc) is 3.61. The number of hydrogen-bond donors (Lipinski definition) is 0. The smallest absolute Gasteiger partial charge is 0.0713 e. The van der Waals surface area contributed by atoms with Crippen LogP contribution >= 0.6 is 0 Å². The van der Waals surface area contributed by atoms with Gasteiger partial charge in [-0.3, -0.25) is 0 Å². The molecule has 0 aromatic heterocycles. The first-order valence-electron chi connectivity index (χ1n) is 22.9. The third-order valence-corrected chi connectivity index (χ3v) is 13.3. The second-order valence-electron chi connectivity index (χ2n) is 18.6. The van der Waals surface area contributed by atoms with Crippen LogP contribution in [-0.2, 0) is 5.41 Å². The van der Waals surface area contributed by atoms with Crippen molar-refractivity contribution in [2.45, 2.75) is 84.5 Å². The van der Waals surface area contributed by atoms with Crippen LogP contribution in [0.3, 0.4) is 0 Å². The zero-order valence-electron chi connectivity index (χ0n) is 38.2. The van der Waals surface area contributed by atoms with E-state index in [1.165, 1.54) is 55.6 Å². The molecule has 0 atom stereocenters. The topological polar surface area (TPSA) is 6.48 Å². The Hall–Kier alpha value is -6.64. The first-order chi connectivity index (χ1) is 30.5. The second kappa shape index (κ2) is 17.3. The molecule has 2 heteroatoms. The van der Waals surface area contributed by atoms with Crippen LogP contribution in [0.1, 0.15) is 124 Å². The molecule has 9 rings (SSSR count). The lowest BCUT2D eigenvalue weighted by atomic mass is 9.67. The first-order valence-corrected chi connectivity index (χ1v) is 22.9. The van der Waals surface area contributed by atoms with Gasteiger partial charge in [-0.25, -0.2) is 0 Å². The van der Waals surface area contributed by atoms with Gasteiger partial charge in [-0.15, -0.1) is 0 Å². The first kappa shape index (κ1) is 41.7. The summed E-state index contributed by atoms with van der Waals surface area (Å²) in [5, 5.41) is 0. The van der Waals surface area contributed by atoms with E-state index in [-0.39, 0.29) is 0 Å². The molecule has 0 aliphatic heterocycles. The minimum atomic E-state index is -0.532. The number of nitrogens with zero attached hydrogens (tertiary/aromatic N) is 2. The van der Waals surface area contributed by atoms with Gasteiger partial charge in [0.2, 0.25) is 0 Å². The maximum Gasteiger partial charge on any atom is 0.0713 e. The molecule has 8 aromatic carbocycles. The van der Waals surface area contributed by atoms with E-state index in [0.717, 1.165) is 34.1 Å². The Balaban J connectivity index is 1.19. The minimum Gasteiger partial charge on any atom is -0.311 e. The molecule has 1 aliphatic carbocycles. The Morgan fingerprint density at radius 2 is 0.492 bits per heavy atom. The van der Waals surface area contributed by atoms with E-state index in [1.807, 2.05) is 0 Å². The third-order valence-electron chi connectivity index (χ3n) is 13.3. The largest absolute Gasteiger partial charge is 0.311 e. The quantitative estimate of drug-likeness (QED) is 0.121. The van der Waals surface area contributed by atoms with Crippen molar-refractivity contribution in [3.63, 3.8) is 0 Å². The highest BCUT2D eigenvalue weighted by Crippen LogP contribution is 2.56. The fourth-order valence-corrected chi connectivity index (χ4v) is 9.67. The Morgan fingerprint density at radius 3 is 0.730 bits per heavy atom.